The van der Waals surface area contributed by atoms with Crippen molar-refractivity contribution in [3.63, 3.8) is 0 Å². The molecule has 2 aromatic carbocycles. The van der Waals surface area contributed by atoms with Gasteiger partial charge in [-0.2, -0.15) is 0 Å². The van der Waals surface area contributed by atoms with Gasteiger partial charge in [0, 0.05) is 15.1 Å². The monoisotopic (exact) mass is 298 g/mol. The molecule has 0 aliphatic rings. The lowest BCUT2D eigenvalue weighted by Gasteiger charge is -2.18. The fraction of sp³-hybridized carbons (Fsp3) is 0.176. The largest absolute Gasteiger partial charge is 0.494 e. The van der Waals surface area contributed by atoms with Gasteiger partial charge in [-0.1, -0.05) is 36.4 Å². The van der Waals surface area contributed by atoms with Gasteiger partial charge >= 0.3 is 0 Å². The number of thiophene rings is 1. The van der Waals surface area contributed by atoms with Crippen LogP contribution >= 0.6 is 11.3 Å². The maximum absolute atomic E-state index is 5.82. The van der Waals surface area contributed by atoms with Crippen LogP contribution in [0, 0.1) is 0 Å². The molecule has 0 saturated carbocycles. The van der Waals surface area contributed by atoms with E-state index in [4.69, 9.17) is 10.6 Å². The number of hydrazine groups is 1. The summed E-state index contributed by atoms with van der Waals surface area (Å²) in [5.74, 6) is 6.70. The van der Waals surface area contributed by atoms with Gasteiger partial charge in [-0.05, 0) is 30.5 Å². The first-order valence-electron chi connectivity index (χ1n) is 6.99. The lowest BCUT2D eigenvalue weighted by atomic mass is 10.0. The number of rotatable bonds is 5. The number of benzene rings is 2. The van der Waals surface area contributed by atoms with Crippen molar-refractivity contribution < 1.29 is 4.74 Å². The predicted octanol–water partition coefficient (Wildman–Crippen LogP) is 3.85. The summed E-state index contributed by atoms with van der Waals surface area (Å²) >= 11 is 1.75. The predicted molar refractivity (Wildman–Crippen MR) is 88.6 cm³/mol. The summed E-state index contributed by atoms with van der Waals surface area (Å²) in [6.45, 7) is 2.63. The molecular formula is C17H18N2OS. The van der Waals surface area contributed by atoms with E-state index >= 15 is 0 Å². The zero-order valence-corrected chi connectivity index (χ0v) is 12.7. The Labute approximate surface area is 128 Å². The highest BCUT2D eigenvalue weighted by Crippen LogP contribution is 2.36. The summed E-state index contributed by atoms with van der Waals surface area (Å²) in [5, 5.41) is 1.24. The zero-order valence-electron chi connectivity index (χ0n) is 11.9. The highest BCUT2D eigenvalue weighted by Gasteiger charge is 2.19. The number of ether oxygens (including phenoxy) is 1. The van der Waals surface area contributed by atoms with Gasteiger partial charge in [-0.3, -0.25) is 5.84 Å². The van der Waals surface area contributed by atoms with Gasteiger partial charge in [0.25, 0.3) is 0 Å². The van der Waals surface area contributed by atoms with E-state index in [1.165, 1.54) is 15.0 Å². The van der Waals surface area contributed by atoms with Crippen molar-refractivity contribution >= 4 is 21.4 Å². The van der Waals surface area contributed by atoms with Crippen LogP contribution in [0.25, 0.3) is 10.1 Å². The lowest BCUT2D eigenvalue weighted by molar-refractivity contribution is 0.334. The first-order valence-corrected chi connectivity index (χ1v) is 7.81. The van der Waals surface area contributed by atoms with Crippen LogP contribution in [0.15, 0.2) is 54.6 Å². The van der Waals surface area contributed by atoms with Gasteiger partial charge in [0.05, 0.1) is 12.6 Å². The molecule has 0 radical (unpaired) electrons. The summed E-state index contributed by atoms with van der Waals surface area (Å²) in [4.78, 5) is 1.19. The Morgan fingerprint density at radius 1 is 1.14 bits per heavy atom. The molecule has 21 heavy (non-hydrogen) atoms. The third-order valence-corrected chi connectivity index (χ3v) is 4.61. The van der Waals surface area contributed by atoms with Crippen LogP contribution in [0.1, 0.15) is 23.4 Å². The minimum Gasteiger partial charge on any atom is -0.494 e. The van der Waals surface area contributed by atoms with Crippen molar-refractivity contribution in [3.05, 3.63) is 65.0 Å². The van der Waals surface area contributed by atoms with Crippen LogP contribution in [-0.4, -0.2) is 6.61 Å². The molecule has 0 aliphatic heterocycles. The second-order valence-electron chi connectivity index (χ2n) is 4.76. The van der Waals surface area contributed by atoms with Crippen molar-refractivity contribution in [2.75, 3.05) is 6.61 Å². The highest BCUT2D eigenvalue weighted by molar-refractivity contribution is 7.19. The second kappa shape index (κ2) is 6.26. The van der Waals surface area contributed by atoms with E-state index in [1.54, 1.807) is 11.3 Å². The summed E-state index contributed by atoms with van der Waals surface area (Å²) in [6.07, 6.45) is 0. The molecule has 0 amide bonds. The molecule has 0 spiro atoms. The number of fused-ring (bicyclic) bond motifs is 1. The Morgan fingerprint density at radius 3 is 2.67 bits per heavy atom. The Kier molecular flexibility index (Phi) is 4.20. The lowest BCUT2D eigenvalue weighted by Crippen LogP contribution is -2.28. The van der Waals surface area contributed by atoms with E-state index in [2.05, 4.69) is 41.8 Å². The molecule has 3 nitrogen and oxygen atoms in total. The highest BCUT2D eigenvalue weighted by atomic mass is 32.1. The minimum atomic E-state index is -0.0647. The first-order chi connectivity index (χ1) is 10.3. The molecule has 3 rings (SSSR count). The van der Waals surface area contributed by atoms with Crippen LogP contribution < -0.4 is 16.0 Å². The van der Waals surface area contributed by atoms with E-state index in [-0.39, 0.29) is 6.04 Å². The second-order valence-corrected chi connectivity index (χ2v) is 5.87. The molecule has 0 aliphatic carbocycles. The van der Waals surface area contributed by atoms with Gasteiger partial charge < -0.3 is 4.74 Å². The fourth-order valence-corrected chi connectivity index (χ4v) is 3.62. The molecule has 108 valence electrons. The maximum atomic E-state index is 5.82. The molecule has 4 heteroatoms. The van der Waals surface area contributed by atoms with Gasteiger partial charge in [-0.15, -0.1) is 11.3 Å². The number of hydrogen-bond acceptors (Lipinski definition) is 4. The standard InChI is InChI=1S/C17H18N2OS/c1-2-20-14-9-5-4-8-13(14)17(19-18)16-11-12-7-3-6-10-15(12)21-16/h3-11,17,19H,2,18H2,1H3. The molecule has 3 aromatic rings. The van der Waals surface area contributed by atoms with Crippen LogP contribution in [0.5, 0.6) is 5.75 Å². The van der Waals surface area contributed by atoms with Crippen molar-refractivity contribution in [2.24, 2.45) is 5.84 Å². The van der Waals surface area contributed by atoms with Crippen LogP contribution in [0.3, 0.4) is 0 Å². The van der Waals surface area contributed by atoms with Gasteiger partial charge in [0.2, 0.25) is 0 Å². The number of hydrogen-bond donors (Lipinski definition) is 2. The van der Waals surface area contributed by atoms with E-state index in [0.29, 0.717) is 6.61 Å². The topological polar surface area (TPSA) is 47.3 Å². The molecule has 1 atom stereocenters. The molecule has 1 heterocycles. The van der Waals surface area contributed by atoms with Crippen molar-refractivity contribution in [2.45, 2.75) is 13.0 Å². The Morgan fingerprint density at radius 2 is 1.90 bits per heavy atom. The van der Waals surface area contributed by atoms with Crippen LogP contribution in [-0.2, 0) is 0 Å². The summed E-state index contributed by atoms with van der Waals surface area (Å²) in [5.41, 5.74) is 3.99. The van der Waals surface area contributed by atoms with E-state index in [0.717, 1.165) is 11.3 Å². The van der Waals surface area contributed by atoms with Crippen molar-refractivity contribution in [1.82, 2.24) is 5.43 Å². The smallest absolute Gasteiger partial charge is 0.124 e. The van der Waals surface area contributed by atoms with E-state index in [9.17, 15) is 0 Å². The third kappa shape index (κ3) is 2.78. The Balaban J connectivity index is 2.05. The normalized spacial score (nSPS) is 12.5. The number of nitrogens with one attached hydrogen (secondary N) is 1. The van der Waals surface area contributed by atoms with Crippen LogP contribution in [0.2, 0.25) is 0 Å². The molecule has 0 saturated heterocycles. The molecular weight excluding hydrogens is 280 g/mol. The molecule has 1 aromatic heterocycles. The Bertz CT molecular complexity index is 705. The molecule has 0 fully saturated rings. The maximum Gasteiger partial charge on any atom is 0.124 e. The van der Waals surface area contributed by atoms with E-state index in [1.807, 2.05) is 25.1 Å². The summed E-state index contributed by atoms with van der Waals surface area (Å²) < 4.78 is 6.99. The number of nitrogens with two attached hydrogens (primary N) is 1. The number of para-hydroxylation sites is 1. The third-order valence-electron chi connectivity index (χ3n) is 3.43. The fourth-order valence-electron chi connectivity index (χ4n) is 2.48. The van der Waals surface area contributed by atoms with Crippen molar-refractivity contribution in [3.8, 4) is 5.75 Å². The van der Waals surface area contributed by atoms with E-state index < -0.39 is 0 Å². The first kappa shape index (κ1) is 14.1. The average Bonchev–Trinajstić information content (AvgIpc) is 2.93. The Hall–Kier alpha value is -1.88. The van der Waals surface area contributed by atoms with Gasteiger partial charge in [-0.25, -0.2) is 5.43 Å². The zero-order chi connectivity index (χ0) is 14.7. The summed E-state index contributed by atoms with van der Waals surface area (Å²) in [7, 11) is 0. The molecule has 1 unspecified atom stereocenters. The van der Waals surface area contributed by atoms with Gasteiger partial charge in [0.1, 0.15) is 5.75 Å². The molecule has 3 N–H and O–H groups in total. The van der Waals surface area contributed by atoms with Gasteiger partial charge in [0.15, 0.2) is 0 Å². The van der Waals surface area contributed by atoms with Crippen molar-refractivity contribution in [1.29, 1.82) is 0 Å². The van der Waals surface area contributed by atoms with Crippen LogP contribution in [0.4, 0.5) is 0 Å². The SMILES string of the molecule is CCOc1ccccc1C(NN)c1cc2ccccc2s1. The summed E-state index contributed by atoms with van der Waals surface area (Å²) in [6, 6.07) is 18.5. The quantitative estimate of drug-likeness (QED) is 0.555. The minimum absolute atomic E-state index is 0.0647. The molecule has 0 bridgehead atoms. The average molecular weight is 298 g/mol.